The SMILES string of the molecule is CC(=O)NC1C(OC(C(O)CNc2cccc(NC(=O)CCCCC3CCSS3)c2)C(O)C(O)CO)OC(CO)C(O)C1O. The highest BCUT2D eigenvalue weighted by Gasteiger charge is 2.47. The molecule has 250 valence electrons. The minimum absolute atomic E-state index is 0.111. The minimum atomic E-state index is -1.86. The lowest BCUT2D eigenvalue weighted by Crippen LogP contribution is -2.66. The van der Waals surface area contributed by atoms with Crippen molar-refractivity contribution in [2.24, 2.45) is 0 Å². The van der Waals surface area contributed by atoms with Crippen LogP contribution in [0.2, 0.25) is 0 Å². The zero-order valence-corrected chi connectivity index (χ0v) is 26.2. The highest BCUT2D eigenvalue weighted by atomic mass is 33.1. The van der Waals surface area contributed by atoms with Gasteiger partial charge in [0.15, 0.2) is 6.29 Å². The number of aliphatic hydroxyl groups is 7. The zero-order valence-electron chi connectivity index (χ0n) is 24.5. The average Bonchev–Trinajstić information content (AvgIpc) is 3.53. The summed E-state index contributed by atoms with van der Waals surface area (Å²) in [6.07, 6.45) is -8.42. The first-order chi connectivity index (χ1) is 21.0. The van der Waals surface area contributed by atoms with E-state index in [1.54, 1.807) is 24.3 Å². The fourth-order valence-electron chi connectivity index (χ4n) is 4.96. The second-order valence-electron chi connectivity index (χ2n) is 10.9. The van der Waals surface area contributed by atoms with Gasteiger partial charge in [0.1, 0.15) is 48.8 Å². The maximum absolute atomic E-state index is 12.5. The Bertz CT molecular complexity index is 1040. The van der Waals surface area contributed by atoms with E-state index in [0.717, 1.165) is 26.2 Å². The van der Waals surface area contributed by atoms with Gasteiger partial charge in [-0.1, -0.05) is 34.1 Å². The molecule has 0 radical (unpaired) electrons. The number of nitrogens with one attached hydrogen (secondary N) is 3. The topological polar surface area (TPSA) is 230 Å². The number of rotatable bonds is 17. The lowest BCUT2D eigenvalue weighted by atomic mass is 9.96. The lowest BCUT2D eigenvalue weighted by Gasteiger charge is -2.44. The van der Waals surface area contributed by atoms with Gasteiger partial charge in [-0.05, 0) is 37.5 Å². The zero-order chi connectivity index (χ0) is 32.2. The standard InChI is InChI=1S/C28H45N3O11S2/c1-15(34)30-23-26(40)25(39)21(14-33)41-28(23)42-27(24(38)20(36)13-32)19(35)12-29-16-5-4-6-17(11-16)31-22(37)8-3-2-7-18-9-10-43-44-18/h4-6,11,18-21,23-29,32-33,35-36,38-40H,2-3,7-10,12-14H2,1H3,(H,30,34)(H,31,37). The number of benzene rings is 1. The predicted molar refractivity (Wildman–Crippen MR) is 166 cm³/mol. The number of hydrogen-bond donors (Lipinski definition) is 10. The molecule has 1 aromatic carbocycles. The molecule has 2 saturated heterocycles. The predicted octanol–water partition coefficient (Wildman–Crippen LogP) is -0.845. The second kappa shape index (κ2) is 18.4. The van der Waals surface area contributed by atoms with Crippen LogP contribution in [0.1, 0.15) is 39.0 Å². The molecule has 1 aromatic rings. The summed E-state index contributed by atoms with van der Waals surface area (Å²) in [5.74, 6) is 0.467. The molecule has 2 heterocycles. The first-order valence-corrected chi connectivity index (χ1v) is 17.0. The number of aliphatic hydroxyl groups excluding tert-OH is 7. The third-order valence-electron chi connectivity index (χ3n) is 7.41. The fourth-order valence-corrected chi connectivity index (χ4v) is 7.99. The third-order valence-corrected chi connectivity index (χ3v) is 10.4. The van der Waals surface area contributed by atoms with E-state index in [1.165, 1.54) is 12.2 Å². The van der Waals surface area contributed by atoms with Gasteiger partial charge in [0.05, 0.1) is 13.2 Å². The van der Waals surface area contributed by atoms with Gasteiger partial charge in [0.25, 0.3) is 0 Å². The first kappa shape index (κ1) is 36.8. The smallest absolute Gasteiger partial charge is 0.224 e. The van der Waals surface area contributed by atoms with Crippen molar-refractivity contribution in [1.82, 2.24) is 5.32 Å². The van der Waals surface area contributed by atoms with Gasteiger partial charge < -0.3 is 61.2 Å². The molecule has 2 amide bonds. The van der Waals surface area contributed by atoms with E-state index >= 15 is 0 Å². The molecule has 0 bridgehead atoms. The first-order valence-electron chi connectivity index (χ1n) is 14.7. The number of hydrogen-bond acceptors (Lipinski definition) is 14. The second-order valence-corrected chi connectivity index (χ2v) is 13.7. The van der Waals surface area contributed by atoms with Crippen LogP contribution in [0.5, 0.6) is 0 Å². The summed E-state index contributed by atoms with van der Waals surface area (Å²) in [5.41, 5.74) is 1.05. The number of unbranched alkanes of at least 4 members (excludes halogenated alkanes) is 1. The fraction of sp³-hybridized carbons (Fsp3) is 0.714. The molecule has 10 N–H and O–H groups in total. The summed E-state index contributed by atoms with van der Waals surface area (Å²) in [7, 11) is 3.83. The van der Waals surface area contributed by atoms with E-state index in [2.05, 4.69) is 16.0 Å². The van der Waals surface area contributed by atoms with Crippen molar-refractivity contribution in [2.45, 2.75) is 99.3 Å². The van der Waals surface area contributed by atoms with Crippen LogP contribution in [-0.2, 0) is 19.1 Å². The molecule has 0 aromatic heterocycles. The van der Waals surface area contributed by atoms with E-state index in [0.29, 0.717) is 23.0 Å². The Morgan fingerprint density at radius 3 is 2.50 bits per heavy atom. The molecule has 2 fully saturated rings. The Morgan fingerprint density at radius 1 is 1.09 bits per heavy atom. The van der Waals surface area contributed by atoms with Crippen molar-refractivity contribution in [3.63, 3.8) is 0 Å². The van der Waals surface area contributed by atoms with Crippen LogP contribution in [0.15, 0.2) is 24.3 Å². The van der Waals surface area contributed by atoms with Crippen molar-refractivity contribution in [3.8, 4) is 0 Å². The summed E-state index contributed by atoms with van der Waals surface area (Å²) in [4.78, 5) is 24.2. The molecule has 0 aliphatic carbocycles. The maximum Gasteiger partial charge on any atom is 0.224 e. The normalized spacial score (nSPS) is 28.1. The molecule has 16 heteroatoms. The number of anilines is 2. The average molecular weight is 664 g/mol. The molecule has 10 unspecified atom stereocenters. The Hall–Kier alpha value is -1.70. The molecule has 2 aliphatic rings. The van der Waals surface area contributed by atoms with E-state index < -0.39 is 74.2 Å². The van der Waals surface area contributed by atoms with Crippen molar-refractivity contribution < 1.29 is 54.8 Å². The van der Waals surface area contributed by atoms with Gasteiger partial charge in [0.2, 0.25) is 11.8 Å². The van der Waals surface area contributed by atoms with Gasteiger partial charge in [-0.2, -0.15) is 0 Å². The van der Waals surface area contributed by atoms with Crippen molar-refractivity contribution >= 4 is 44.8 Å². The van der Waals surface area contributed by atoms with E-state index in [1.807, 2.05) is 21.6 Å². The quantitative estimate of drug-likeness (QED) is 0.0724. The molecule has 10 atom stereocenters. The summed E-state index contributed by atoms with van der Waals surface area (Å²) in [6, 6.07) is 5.40. The number of carbonyl (C=O) groups is 2. The maximum atomic E-state index is 12.5. The monoisotopic (exact) mass is 663 g/mol. The number of carbonyl (C=O) groups excluding carboxylic acids is 2. The van der Waals surface area contributed by atoms with Crippen molar-refractivity contribution in [1.29, 1.82) is 0 Å². The van der Waals surface area contributed by atoms with Crippen LogP contribution >= 0.6 is 21.6 Å². The van der Waals surface area contributed by atoms with E-state index in [4.69, 9.17) is 9.47 Å². The van der Waals surface area contributed by atoms with Crippen molar-refractivity contribution in [2.75, 3.05) is 36.1 Å². The van der Waals surface area contributed by atoms with Crippen LogP contribution in [0.25, 0.3) is 0 Å². The molecule has 3 rings (SSSR count). The van der Waals surface area contributed by atoms with Gasteiger partial charge in [-0.3, -0.25) is 9.59 Å². The lowest BCUT2D eigenvalue weighted by molar-refractivity contribution is -0.300. The molecular formula is C28H45N3O11S2. The van der Waals surface area contributed by atoms with Gasteiger partial charge in [-0.25, -0.2) is 0 Å². The highest BCUT2D eigenvalue weighted by molar-refractivity contribution is 8.77. The molecule has 2 aliphatic heterocycles. The van der Waals surface area contributed by atoms with Gasteiger partial charge >= 0.3 is 0 Å². The Kier molecular flexibility index (Phi) is 15.4. The molecular weight excluding hydrogens is 618 g/mol. The summed E-state index contributed by atoms with van der Waals surface area (Å²) in [6.45, 7) is -0.682. The summed E-state index contributed by atoms with van der Waals surface area (Å²) < 4.78 is 11.3. The van der Waals surface area contributed by atoms with E-state index in [9.17, 15) is 45.3 Å². The van der Waals surface area contributed by atoms with Crippen LogP contribution in [0, 0.1) is 0 Å². The van der Waals surface area contributed by atoms with Gasteiger partial charge in [-0.15, -0.1) is 0 Å². The summed E-state index contributed by atoms with van der Waals surface area (Å²) >= 11 is 0. The van der Waals surface area contributed by atoms with Crippen LogP contribution < -0.4 is 16.0 Å². The van der Waals surface area contributed by atoms with E-state index in [-0.39, 0.29) is 12.5 Å². The number of amides is 2. The Morgan fingerprint density at radius 2 is 1.84 bits per heavy atom. The largest absolute Gasteiger partial charge is 0.394 e. The van der Waals surface area contributed by atoms with Crippen LogP contribution in [0.4, 0.5) is 11.4 Å². The van der Waals surface area contributed by atoms with Crippen molar-refractivity contribution in [3.05, 3.63) is 24.3 Å². The molecule has 0 spiro atoms. The molecule has 44 heavy (non-hydrogen) atoms. The Balaban J connectivity index is 1.61. The minimum Gasteiger partial charge on any atom is -0.394 e. The molecule has 0 saturated carbocycles. The van der Waals surface area contributed by atoms with Gasteiger partial charge in [0, 0.05) is 42.3 Å². The highest BCUT2D eigenvalue weighted by Crippen LogP contribution is 2.40. The Labute approximate surface area is 264 Å². The third kappa shape index (κ3) is 11.0. The molecule has 14 nitrogen and oxygen atoms in total. The number of ether oxygens (including phenoxy) is 2. The van der Waals surface area contributed by atoms with Crippen LogP contribution in [0.3, 0.4) is 0 Å². The summed E-state index contributed by atoms with van der Waals surface area (Å²) in [5, 5.41) is 80.5. The van der Waals surface area contributed by atoms with Crippen LogP contribution in [-0.4, -0.2) is 133 Å².